The molecule has 0 amide bonds. The zero-order valence-electron chi connectivity index (χ0n) is 15.9. The van der Waals surface area contributed by atoms with E-state index >= 15 is 0 Å². The van der Waals surface area contributed by atoms with Crippen molar-refractivity contribution in [3.63, 3.8) is 0 Å². The first-order chi connectivity index (χ1) is 13.2. The van der Waals surface area contributed by atoms with Gasteiger partial charge < -0.3 is 26.4 Å². The van der Waals surface area contributed by atoms with Crippen LogP contribution in [-0.2, 0) is 0 Å². The third-order valence-electron chi connectivity index (χ3n) is 4.88. The molecule has 0 saturated heterocycles. The summed E-state index contributed by atoms with van der Waals surface area (Å²) in [6.07, 6.45) is 0.929. The zero-order valence-corrected chi connectivity index (χ0v) is 15.9. The largest absolute Gasteiger partial charge is 0.453 e. The Morgan fingerprint density at radius 2 is 1.78 bits per heavy atom. The molecule has 0 aliphatic carbocycles. The van der Waals surface area contributed by atoms with Crippen LogP contribution in [0.5, 0.6) is 11.5 Å². The van der Waals surface area contributed by atoms with E-state index in [1.54, 1.807) is 0 Å². The lowest BCUT2D eigenvalue weighted by Crippen LogP contribution is -2.10. The summed E-state index contributed by atoms with van der Waals surface area (Å²) < 4.78 is 6.31. The minimum absolute atomic E-state index is 0.674. The molecule has 0 saturated carbocycles. The Morgan fingerprint density at radius 1 is 1.00 bits per heavy atom. The van der Waals surface area contributed by atoms with Gasteiger partial charge in [-0.2, -0.15) is 0 Å². The normalized spacial score (nSPS) is 12.0. The highest BCUT2D eigenvalue weighted by Crippen LogP contribution is 2.48. The summed E-state index contributed by atoms with van der Waals surface area (Å²) in [5, 5.41) is 12.8. The summed E-state index contributed by atoms with van der Waals surface area (Å²) in [5.41, 5.74) is 11.0. The molecule has 0 aromatic heterocycles. The topological polar surface area (TPSA) is 71.3 Å². The Labute approximate surface area is 159 Å². The number of nitrogens with two attached hydrogens (primary N) is 1. The highest BCUT2D eigenvalue weighted by molar-refractivity contribution is 6.06. The molecule has 0 radical (unpaired) electrons. The summed E-state index contributed by atoms with van der Waals surface area (Å²) in [4.78, 5) is 0. The fourth-order valence-corrected chi connectivity index (χ4v) is 3.53. The number of hydrogen-bond acceptors (Lipinski definition) is 5. The van der Waals surface area contributed by atoms with Gasteiger partial charge in [0.2, 0.25) is 0 Å². The van der Waals surface area contributed by atoms with Crippen LogP contribution in [0.4, 0.5) is 22.7 Å². The molecule has 0 unspecified atom stereocenters. The Balaban J connectivity index is 1.78. The van der Waals surface area contributed by atoms with E-state index in [0.29, 0.717) is 6.54 Å². The molecule has 5 nitrogen and oxygen atoms in total. The lowest BCUT2D eigenvalue weighted by atomic mass is 10.0. The van der Waals surface area contributed by atoms with Gasteiger partial charge in [0.1, 0.15) is 0 Å². The molecule has 0 atom stereocenters. The first kappa shape index (κ1) is 17.5. The van der Waals surface area contributed by atoms with Gasteiger partial charge in [-0.3, -0.25) is 0 Å². The Morgan fingerprint density at radius 3 is 2.56 bits per heavy atom. The van der Waals surface area contributed by atoms with Gasteiger partial charge in [-0.1, -0.05) is 24.3 Å². The van der Waals surface area contributed by atoms with Gasteiger partial charge in [-0.05, 0) is 38.4 Å². The fourth-order valence-electron chi connectivity index (χ4n) is 3.53. The Hall–Kier alpha value is -2.92. The highest BCUT2D eigenvalue weighted by atomic mass is 16.5. The van der Waals surface area contributed by atoms with Crippen molar-refractivity contribution in [3.8, 4) is 11.5 Å². The third kappa shape index (κ3) is 3.26. The van der Waals surface area contributed by atoms with E-state index in [0.717, 1.165) is 59.1 Å². The van der Waals surface area contributed by atoms with E-state index in [9.17, 15) is 0 Å². The molecule has 5 heteroatoms. The number of aryl methyl sites for hydroxylation is 1. The number of anilines is 4. The third-order valence-corrected chi connectivity index (χ3v) is 4.88. The minimum atomic E-state index is 0.674. The predicted molar refractivity (Wildman–Crippen MR) is 115 cm³/mol. The number of nitrogens with one attached hydrogen (secondary N) is 3. The highest BCUT2D eigenvalue weighted by Gasteiger charge is 2.21. The minimum Gasteiger partial charge on any atom is -0.453 e. The van der Waals surface area contributed by atoms with Gasteiger partial charge in [0, 0.05) is 47.4 Å². The maximum atomic E-state index is 6.31. The number of fused-ring (bicyclic) bond motifs is 4. The summed E-state index contributed by atoms with van der Waals surface area (Å²) in [5.74, 6) is 1.68. The van der Waals surface area contributed by atoms with Crippen molar-refractivity contribution >= 4 is 33.5 Å². The first-order valence-electron chi connectivity index (χ1n) is 9.54. The van der Waals surface area contributed by atoms with E-state index in [1.165, 1.54) is 10.9 Å². The molecule has 1 heterocycles. The number of rotatable bonds is 6. The number of benzene rings is 3. The maximum Gasteiger partial charge on any atom is 0.153 e. The average Bonchev–Trinajstić information content (AvgIpc) is 2.68. The molecular formula is C22H26N4O. The van der Waals surface area contributed by atoms with Crippen LogP contribution in [0.3, 0.4) is 0 Å². The van der Waals surface area contributed by atoms with Gasteiger partial charge in [0.25, 0.3) is 0 Å². The molecule has 140 valence electrons. The second kappa shape index (κ2) is 7.37. The van der Waals surface area contributed by atoms with Crippen molar-refractivity contribution in [2.75, 3.05) is 35.6 Å². The second-order valence-electron chi connectivity index (χ2n) is 6.83. The molecule has 1 aliphatic rings. The van der Waals surface area contributed by atoms with Crippen molar-refractivity contribution < 1.29 is 4.74 Å². The van der Waals surface area contributed by atoms with E-state index in [4.69, 9.17) is 10.5 Å². The molecule has 0 fully saturated rings. The van der Waals surface area contributed by atoms with Crippen molar-refractivity contribution in [1.82, 2.24) is 0 Å². The fraction of sp³-hybridized carbons (Fsp3) is 0.273. The molecule has 3 aromatic rings. The lowest BCUT2D eigenvalue weighted by Gasteiger charge is -2.26. The van der Waals surface area contributed by atoms with Gasteiger partial charge in [0.05, 0.1) is 11.4 Å². The summed E-state index contributed by atoms with van der Waals surface area (Å²) in [7, 11) is 0. The smallest absolute Gasteiger partial charge is 0.153 e. The molecule has 1 aliphatic heterocycles. The van der Waals surface area contributed by atoms with E-state index < -0.39 is 0 Å². The lowest BCUT2D eigenvalue weighted by molar-refractivity contribution is 0.482. The van der Waals surface area contributed by atoms with Crippen molar-refractivity contribution in [1.29, 1.82) is 0 Å². The Kier molecular flexibility index (Phi) is 4.77. The molecule has 3 aromatic carbocycles. The SMILES string of the molecule is CCNc1cc2c(cc1C)Nc1c(cc(NCCCN)c3ccccc13)O2. The average molecular weight is 362 g/mol. The van der Waals surface area contributed by atoms with Crippen LogP contribution in [0.1, 0.15) is 18.9 Å². The van der Waals surface area contributed by atoms with Gasteiger partial charge in [-0.15, -0.1) is 0 Å². The van der Waals surface area contributed by atoms with E-state index in [2.05, 4.69) is 72.3 Å². The molecule has 0 bridgehead atoms. The van der Waals surface area contributed by atoms with E-state index in [1.807, 2.05) is 0 Å². The predicted octanol–water partition coefficient (Wildman–Crippen LogP) is 5.19. The van der Waals surface area contributed by atoms with Crippen LogP contribution in [0.2, 0.25) is 0 Å². The van der Waals surface area contributed by atoms with Crippen LogP contribution in [-0.4, -0.2) is 19.6 Å². The second-order valence-corrected chi connectivity index (χ2v) is 6.83. The Bertz CT molecular complexity index is 984. The summed E-state index contributed by atoms with van der Waals surface area (Å²) >= 11 is 0. The van der Waals surface area contributed by atoms with Crippen LogP contribution in [0.15, 0.2) is 42.5 Å². The molecule has 4 rings (SSSR count). The van der Waals surface area contributed by atoms with Crippen molar-refractivity contribution in [2.24, 2.45) is 5.73 Å². The molecule has 0 spiro atoms. The monoisotopic (exact) mass is 362 g/mol. The number of hydrogen-bond donors (Lipinski definition) is 4. The van der Waals surface area contributed by atoms with Crippen LogP contribution in [0, 0.1) is 6.92 Å². The van der Waals surface area contributed by atoms with Crippen LogP contribution in [0.25, 0.3) is 10.8 Å². The van der Waals surface area contributed by atoms with Crippen LogP contribution >= 0.6 is 0 Å². The standard InChI is InChI=1S/C22H26N4O/c1-3-24-17-12-20-19(11-14(17)2)26-22-16-8-5-4-7-15(16)18(13-21(22)27-20)25-10-6-9-23/h4-5,7-8,11-13,24-26H,3,6,9-10,23H2,1-2H3. The number of ether oxygens (including phenoxy) is 1. The van der Waals surface area contributed by atoms with Gasteiger partial charge in [0.15, 0.2) is 11.5 Å². The zero-order chi connectivity index (χ0) is 18.8. The van der Waals surface area contributed by atoms with E-state index in [-0.39, 0.29) is 0 Å². The van der Waals surface area contributed by atoms with Gasteiger partial charge in [-0.25, -0.2) is 0 Å². The molecule has 27 heavy (non-hydrogen) atoms. The maximum absolute atomic E-state index is 6.31. The summed E-state index contributed by atoms with van der Waals surface area (Å²) in [6, 6.07) is 14.7. The van der Waals surface area contributed by atoms with Crippen molar-refractivity contribution in [3.05, 3.63) is 48.0 Å². The molecular weight excluding hydrogens is 336 g/mol. The quantitative estimate of drug-likeness (QED) is 0.355. The van der Waals surface area contributed by atoms with Gasteiger partial charge >= 0.3 is 0 Å². The first-order valence-corrected chi connectivity index (χ1v) is 9.54. The molecule has 5 N–H and O–H groups in total. The summed E-state index contributed by atoms with van der Waals surface area (Å²) in [6.45, 7) is 6.60. The van der Waals surface area contributed by atoms with Crippen molar-refractivity contribution in [2.45, 2.75) is 20.3 Å². The van der Waals surface area contributed by atoms with Crippen LogP contribution < -0.4 is 26.4 Å².